The van der Waals surface area contributed by atoms with E-state index in [4.69, 9.17) is 15.7 Å². The Balaban J connectivity index is 3.01. The van der Waals surface area contributed by atoms with E-state index < -0.39 is 17.8 Å². The number of benzene rings is 1. The molecule has 3 N–H and O–H groups in total. The fourth-order valence-corrected chi connectivity index (χ4v) is 1.40. The molecule has 1 unspecified atom stereocenters. The lowest BCUT2D eigenvalue weighted by Gasteiger charge is -2.15. The molecule has 6 heteroatoms. The molecule has 96 valence electrons. The van der Waals surface area contributed by atoms with Crippen molar-refractivity contribution in [2.45, 2.75) is 13.0 Å². The molecule has 1 atom stereocenters. The van der Waals surface area contributed by atoms with Gasteiger partial charge in [0.2, 0.25) is 0 Å². The molecule has 5 nitrogen and oxygen atoms in total. The number of carbonyl (C=O) groups excluding carboxylic acids is 1. The zero-order valence-corrected chi connectivity index (χ0v) is 10.2. The highest BCUT2D eigenvalue weighted by molar-refractivity contribution is 5.95. The fraction of sp³-hybridized carbons (Fsp3) is 0.333. The van der Waals surface area contributed by atoms with Crippen LogP contribution in [0.5, 0.6) is 0 Å². The summed E-state index contributed by atoms with van der Waals surface area (Å²) in [6.45, 7) is 1.53. The summed E-state index contributed by atoms with van der Waals surface area (Å²) >= 11 is 0. The monoisotopic (exact) mass is 251 g/mol. The van der Waals surface area contributed by atoms with Gasteiger partial charge >= 0.3 is 0 Å². The smallest absolute Gasteiger partial charge is 0.254 e. The van der Waals surface area contributed by atoms with E-state index in [9.17, 15) is 9.18 Å². The van der Waals surface area contributed by atoms with Crippen molar-refractivity contribution >= 4 is 11.6 Å². The molecule has 0 aliphatic heterocycles. The number of halogens is 1. The van der Waals surface area contributed by atoms with Crippen molar-refractivity contribution in [3.63, 3.8) is 0 Å². The predicted molar refractivity (Wildman–Crippen MR) is 64.3 cm³/mol. The third-order valence-corrected chi connectivity index (χ3v) is 2.52. The van der Waals surface area contributed by atoms with E-state index in [0.717, 1.165) is 6.07 Å². The van der Waals surface area contributed by atoms with Crippen LogP contribution in [0.2, 0.25) is 0 Å². The minimum Gasteiger partial charge on any atom is -0.370 e. The number of hydrogen-bond donors (Lipinski definition) is 2. The van der Waals surface area contributed by atoms with Gasteiger partial charge in [-0.1, -0.05) is 0 Å². The molecule has 0 spiro atoms. The van der Waals surface area contributed by atoms with E-state index >= 15 is 0 Å². The Morgan fingerprint density at radius 2 is 2.33 bits per heavy atom. The molecule has 1 rings (SSSR count). The fourth-order valence-electron chi connectivity index (χ4n) is 1.40. The van der Waals surface area contributed by atoms with Gasteiger partial charge in [-0.25, -0.2) is 4.39 Å². The average molecular weight is 251 g/mol. The zero-order valence-electron chi connectivity index (χ0n) is 10.2. The highest BCUT2D eigenvalue weighted by Gasteiger charge is 2.17. The van der Waals surface area contributed by atoms with Crippen LogP contribution < -0.4 is 11.1 Å². The zero-order chi connectivity index (χ0) is 13.7. The predicted octanol–water partition coefficient (Wildman–Crippen LogP) is 0.918. The van der Waals surface area contributed by atoms with E-state index in [2.05, 4.69) is 5.32 Å². The van der Waals surface area contributed by atoms with Gasteiger partial charge in [-0.05, 0) is 19.1 Å². The normalized spacial score (nSPS) is 11.7. The summed E-state index contributed by atoms with van der Waals surface area (Å²) in [6.07, 6.45) is -0.807. The number of nitrogens with zero attached hydrogens (tertiary/aromatic N) is 1. The van der Waals surface area contributed by atoms with Gasteiger partial charge in [0.15, 0.2) is 0 Å². The van der Waals surface area contributed by atoms with Crippen LogP contribution in [0.4, 0.5) is 10.1 Å². The molecule has 0 fully saturated rings. The quantitative estimate of drug-likeness (QED) is 0.832. The van der Waals surface area contributed by atoms with Crippen molar-refractivity contribution in [2.75, 3.05) is 19.0 Å². The van der Waals surface area contributed by atoms with Gasteiger partial charge in [0.05, 0.1) is 11.6 Å². The number of ether oxygens (including phenoxy) is 1. The van der Waals surface area contributed by atoms with Gasteiger partial charge in [0.25, 0.3) is 5.91 Å². The third-order valence-electron chi connectivity index (χ3n) is 2.52. The van der Waals surface area contributed by atoms with Crippen molar-refractivity contribution in [1.29, 1.82) is 5.26 Å². The van der Waals surface area contributed by atoms with Gasteiger partial charge in [0.1, 0.15) is 11.9 Å². The number of nitrogens with one attached hydrogen (secondary N) is 1. The summed E-state index contributed by atoms with van der Waals surface area (Å²) in [6, 6.07) is 4.33. The first-order chi connectivity index (χ1) is 8.53. The van der Waals surface area contributed by atoms with Crippen LogP contribution in [-0.2, 0) is 9.53 Å². The van der Waals surface area contributed by atoms with Crippen molar-refractivity contribution in [1.82, 2.24) is 0 Å². The Morgan fingerprint density at radius 1 is 1.67 bits per heavy atom. The SMILES string of the molecule is COC(CN)C(=O)Nc1cc(C#N)cc(F)c1C. The molecule has 0 aliphatic rings. The first-order valence-electron chi connectivity index (χ1n) is 5.27. The molecule has 0 bridgehead atoms. The number of nitriles is 1. The summed E-state index contributed by atoms with van der Waals surface area (Å²) in [5.41, 5.74) is 5.99. The van der Waals surface area contributed by atoms with Crippen molar-refractivity contribution in [3.05, 3.63) is 29.1 Å². The van der Waals surface area contributed by atoms with Crippen molar-refractivity contribution < 1.29 is 13.9 Å². The van der Waals surface area contributed by atoms with Crippen LogP contribution in [0.1, 0.15) is 11.1 Å². The third kappa shape index (κ3) is 3.03. The Morgan fingerprint density at radius 3 is 2.83 bits per heavy atom. The maximum absolute atomic E-state index is 13.5. The van der Waals surface area contributed by atoms with Crippen LogP contribution in [0.3, 0.4) is 0 Å². The average Bonchev–Trinajstić information content (AvgIpc) is 2.36. The maximum Gasteiger partial charge on any atom is 0.254 e. The van der Waals surface area contributed by atoms with Crippen LogP contribution in [-0.4, -0.2) is 25.7 Å². The number of rotatable bonds is 4. The summed E-state index contributed by atoms with van der Waals surface area (Å²) in [5.74, 6) is -1.02. The summed E-state index contributed by atoms with van der Waals surface area (Å²) in [7, 11) is 1.36. The molecule has 0 heterocycles. The van der Waals surface area contributed by atoms with Crippen LogP contribution in [0.25, 0.3) is 0 Å². The molecular formula is C12H14FN3O2. The van der Waals surface area contributed by atoms with E-state index in [1.165, 1.54) is 20.1 Å². The lowest BCUT2D eigenvalue weighted by molar-refractivity contribution is -0.125. The Labute approximate surface area is 104 Å². The topological polar surface area (TPSA) is 88.1 Å². The van der Waals surface area contributed by atoms with E-state index in [-0.39, 0.29) is 23.4 Å². The number of amides is 1. The summed E-state index contributed by atoms with van der Waals surface area (Å²) in [5, 5.41) is 11.2. The van der Waals surface area contributed by atoms with Gasteiger partial charge < -0.3 is 15.8 Å². The Bertz CT molecular complexity index is 493. The van der Waals surface area contributed by atoms with Crippen LogP contribution in [0.15, 0.2) is 12.1 Å². The second kappa shape index (κ2) is 6.10. The first kappa shape index (κ1) is 14.1. The Hall–Kier alpha value is -1.97. The standard InChI is InChI=1S/C12H14FN3O2/c1-7-9(13)3-8(5-14)4-10(7)16-12(17)11(6-15)18-2/h3-4,11H,6,15H2,1-2H3,(H,16,17). The lowest BCUT2D eigenvalue weighted by atomic mass is 10.1. The molecule has 0 aromatic heterocycles. The van der Waals surface area contributed by atoms with Gasteiger partial charge in [0, 0.05) is 24.9 Å². The molecule has 0 radical (unpaired) electrons. The maximum atomic E-state index is 13.5. The largest absolute Gasteiger partial charge is 0.370 e. The Kier molecular flexibility index (Phi) is 4.77. The number of carbonyl (C=O) groups is 1. The minimum atomic E-state index is -0.807. The lowest BCUT2D eigenvalue weighted by Crippen LogP contribution is -2.36. The van der Waals surface area contributed by atoms with Crippen LogP contribution in [0, 0.1) is 24.1 Å². The molecule has 0 saturated heterocycles. The highest BCUT2D eigenvalue weighted by atomic mass is 19.1. The van der Waals surface area contributed by atoms with E-state index in [1.807, 2.05) is 6.07 Å². The molecule has 1 aromatic rings. The highest BCUT2D eigenvalue weighted by Crippen LogP contribution is 2.20. The number of anilines is 1. The molecular weight excluding hydrogens is 237 g/mol. The second-order valence-corrected chi connectivity index (χ2v) is 3.69. The van der Waals surface area contributed by atoms with E-state index in [1.54, 1.807) is 0 Å². The number of nitrogens with two attached hydrogens (primary N) is 1. The molecule has 0 saturated carbocycles. The van der Waals surface area contributed by atoms with E-state index in [0.29, 0.717) is 0 Å². The number of methoxy groups -OCH3 is 1. The number of hydrogen-bond acceptors (Lipinski definition) is 4. The first-order valence-corrected chi connectivity index (χ1v) is 5.27. The minimum absolute atomic E-state index is 0.0157. The summed E-state index contributed by atoms with van der Waals surface area (Å²) < 4.78 is 18.3. The second-order valence-electron chi connectivity index (χ2n) is 3.69. The molecule has 1 aromatic carbocycles. The van der Waals surface area contributed by atoms with Gasteiger partial charge in [-0.15, -0.1) is 0 Å². The van der Waals surface area contributed by atoms with Crippen molar-refractivity contribution in [2.24, 2.45) is 5.73 Å². The molecule has 0 aliphatic carbocycles. The van der Waals surface area contributed by atoms with Crippen molar-refractivity contribution in [3.8, 4) is 6.07 Å². The van der Waals surface area contributed by atoms with Gasteiger partial charge in [-0.3, -0.25) is 4.79 Å². The molecule has 1 amide bonds. The molecule has 18 heavy (non-hydrogen) atoms. The summed E-state index contributed by atoms with van der Waals surface area (Å²) in [4.78, 5) is 11.7. The van der Waals surface area contributed by atoms with Crippen LogP contribution >= 0.6 is 0 Å². The van der Waals surface area contributed by atoms with Gasteiger partial charge in [-0.2, -0.15) is 5.26 Å².